The van der Waals surface area contributed by atoms with Crippen molar-refractivity contribution in [3.63, 3.8) is 0 Å². The van der Waals surface area contributed by atoms with Gasteiger partial charge in [-0.3, -0.25) is 4.79 Å². The number of piperidine rings is 1. The highest BCUT2D eigenvalue weighted by atomic mass is 16.3. The van der Waals surface area contributed by atoms with E-state index in [-0.39, 0.29) is 5.91 Å². The fourth-order valence-electron chi connectivity index (χ4n) is 1.67. The van der Waals surface area contributed by atoms with E-state index < -0.39 is 6.10 Å². The Morgan fingerprint density at radius 2 is 2.08 bits per heavy atom. The number of carbonyl (C=O) groups is 1. The van der Waals surface area contributed by atoms with Crippen molar-refractivity contribution in [2.45, 2.75) is 31.9 Å². The van der Waals surface area contributed by atoms with Gasteiger partial charge in [-0.15, -0.1) is 0 Å². The van der Waals surface area contributed by atoms with Crippen LogP contribution in [0.3, 0.4) is 0 Å². The second kappa shape index (κ2) is 4.58. The van der Waals surface area contributed by atoms with E-state index in [9.17, 15) is 4.79 Å². The van der Waals surface area contributed by atoms with Crippen molar-refractivity contribution < 1.29 is 9.90 Å². The lowest BCUT2D eigenvalue weighted by Crippen LogP contribution is -2.46. The van der Waals surface area contributed by atoms with Gasteiger partial charge in [0.25, 0.3) is 5.91 Å². The molecule has 0 aliphatic carbocycles. The fraction of sp³-hybridized carbons (Fsp3) is 0.889. The molecular weight excluding hydrogens is 168 g/mol. The molecule has 0 radical (unpaired) electrons. The first-order valence-corrected chi connectivity index (χ1v) is 4.78. The van der Waals surface area contributed by atoms with Crippen molar-refractivity contribution in [3.8, 4) is 0 Å². The largest absolute Gasteiger partial charge is 0.384 e. The number of nitrogens with one attached hydrogen (secondary N) is 1. The van der Waals surface area contributed by atoms with Gasteiger partial charge < -0.3 is 15.3 Å². The molecule has 1 fully saturated rings. The zero-order valence-corrected chi connectivity index (χ0v) is 8.29. The van der Waals surface area contributed by atoms with Gasteiger partial charge in [-0.25, -0.2) is 0 Å². The molecule has 76 valence electrons. The lowest BCUT2D eigenvalue weighted by molar-refractivity contribution is -0.140. The minimum atomic E-state index is -0.875. The molecule has 0 aromatic rings. The van der Waals surface area contributed by atoms with Crippen LogP contribution in [0.15, 0.2) is 0 Å². The van der Waals surface area contributed by atoms with Gasteiger partial charge in [-0.1, -0.05) is 0 Å². The van der Waals surface area contributed by atoms with Gasteiger partial charge in [0, 0.05) is 13.1 Å². The van der Waals surface area contributed by atoms with E-state index >= 15 is 0 Å². The number of likely N-dealkylation sites (N-methyl/N-ethyl adjacent to an activating group) is 1. The molecule has 4 nitrogen and oxygen atoms in total. The first kappa shape index (κ1) is 10.5. The van der Waals surface area contributed by atoms with Crippen molar-refractivity contribution in [1.82, 2.24) is 10.2 Å². The van der Waals surface area contributed by atoms with Gasteiger partial charge in [0.2, 0.25) is 0 Å². The summed E-state index contributed by atoms with van der Waals surface area (Å²) in [6, 6.07) is 0.295. The number of carbonyl (C=O) groups excluding carboxylic acids is 1. The van der Waals surface area contributed by atoms with Crippen molar-refractivity contribution >= 4 is 5.91 Å². The van der Waals surface area contributed by atoms with E-state index in [1.807, 2.05) is 0 Å². The van der Waals surface area contributed by atoms with Crippen LogP contribution < -0.4 is 5.32 Å². The maximum absolute atomic E-state index is 11.4. The predicted octanol–water partition coefficient (Wildman–Crippen LogP) is -0.422. The number of hydrogen-bond acceptors (Lipinski definition) is 3. The molecular formula is C9H18N2O2. The Hall–Kier alpha value is -0.610. The zero-order chi connectivity index (χ0) is 9.84. The third-order valence-electron chi connectivity index (χ3n) is 2.56. The normalized spacial score (nSPS) is 21.2. The molecule has 13 heavy (non-hydrogen) atoms. The number of hydrogen-bond donors (Lipinski definition) is 2. The third kappa shape index (κ3) is 2.67. The molecule has 1 amide bonds. The molecule has 0 saturated carbocycles. The van der Waals surface area contributed by atoms with Crippen LogP contribution in [0.5, 0.6) is 0 Å². The molecule has 1 aliphatic rings. The fourth-order valence-corrected chi connectivity index (χ4v) is 1.67. The minimum absolute atomic E-state index is 0.174. The first-order chi connectivity index (χ1) is 6.13. The maximum atomic E-state index is 11.4. The van der Waals surface area contributed by atoms with Crippen LogP contribution in [-0.2, 0) is 4.79 Å². The Morgan fingerprint density at radius 3 is 2.54 bits per heavy atom. The van der Waals surface area contributed by atoms with Crippen LogP contribution >= 0.6 is 0 Å². The van der Waals surface area contributed by atoms with E-state index in [1.165, 1.54) is 6.92 Å². The zero-order valence-electron chi connectivity index (χ0n) is 8.29. The average molecular weight is 186 g/mol. The maximum Gasteiger partial charge on any atom is 0.251 e. The molecule has 1 rings (SSSR count). The predicted molar refractivity (Wildman–Crippen MR) is 50.3 cm³/mol. The monoisotopic (exact) mass is 186 g/mol. The van der Waals surface area contributed by atoms with Gasteiger partial charge in [-0.2, -0.15) is 0 Å². The van der Waals surface area contributed by atoms with Crippen molar-refractivity contribution in [1.29, 1.82) is 0 Å². The Balaban J connectivity index is 2.45. The van der Waals surface area contributed by atoms with Crippen molar-refractivity contribution in [2.24, 2.45) is 0 Å². The molecule has 0 aromatic heterocycles. The van der Waals surface area contributed by atoms with Gasteiger partial charge in [0.15, 0.2) is 0 Å². The molecule has 1 atom stereocenters. The third-order valence-corrected chi connectivity index (χ3v) is 2.56. The molecule has 1 aliphatic heterocycles. The number of nitrogens with zero attached hydrogens (tertiary/aromatic N) is 1. The van der Waals surface area contributed by atoms with Crippen LogP contribution in [-0.4, -0.2) is 48.2 Å². The molecule has 0 unspecified atom stereocenters. The summed E-state index contributed by atoms with van der Waals surface area (Å²) in [6.07, 6.45) is 1.09. The van der Waals surface area contributed by atoms with E-state index in [2.05, 4.69) is 5.32 Å². The molecule has 0 spiro atoms. The Labute approximate surface area is 78.9 Å². The van der Waals surface area contributed by atoms with E-state index in [0.717, 1.165) is 25.9 Å². The number of amides is 1. The van der Waals surface area contributed by atoms with Crippen LogP contribution in [0.2, 0.25) is 0 Å². The number of aliphatic hydroxyl groups is 1. The summed E-state index contributed by atoms with van der Waals surface area (Å²) in [5.41, 5.74) is 0. The highest BCUT2D eigenvalue weighted by Crippen LogP contribution is 2.10. The quantitative estimate of drug-likeness (QED) is 0.615. The lowest BCUT2D eigenvalue weighted by atomic mass is 10.1. The Kier molecular flexibility index (Phi) is 3.69. The van der Waals surface area contributed by atoms with Crippen LogP contribution in [0.25, 0.3) is 0 Å². The molecule has 0 aromatic carbocycles. The molecule has 1 saturated heterocycles. The van der Waals surface area contributed by atoms with Gasteiger partial charge in [-0.05, 0) is 32.9 Å². The lowest BCUT2D eigenvalue weighted by Gasteiger charge is -2.32. The van der Waals surface area contributed by atoms with E-state index in [1.54, 1.807) is 11.9 Å². The number of rotatable bonds is 2. The standard InChI is InChI=1S/C9H18N2O2/c1-7(12)9(13)11(2)8-3-5-10-6-4-8/h7-8,10,12H,3-6H2,1-2H3/t7-/m1/s1. The average Bonchev–Trinajstić information content (AvgIpc) is 2.17. The summed E-state index contributed by atoms with van der Waals surface area (Å²) in [5.74, 6) is -0.174. The van der Waals surface area contributed by atoms with Crippen molar-refractivity contribution in [2.75, 3.05) is 20.1 Å². The SMILES string of the molecule is C[C@@H](O)C(=O)N(C)C1CCNCC1. The van der Waals surface area contributed by atoms with E-state index in [0.29, 0.717) is 6.04 Å². The second-order valence-electron chi connectivity index (χ2n) is 3.61. The van der Waals surface area contributed by atoms with E-state index in [4.69, 9.17) is 5.11 Å². The highest BCUT2D eigenvalue weighted by molar-refractivity contribution is 5.80. The van der Waals surface area contributed by atoms with Gasteiger partial charge in [0.1, 0.15) is 6.10 Å². The minimum Gasteiger partial charge on any atom is -0.384 e. The summed E-state index contributed by atoms with van der Waals surface area (Å²) in [4.78, 5) is 13.1. The second-order valence-corrected chi connectivity index (χ2v) is 3.61. The Bertz CT molecular complexity index is 176. The summed E-state index contributed by atoms with van der Waals surface area (Å²) >= 11 is 0. The highest BCUT2D eigenvalue weighted by Gasteiger charge is 2.23. The van der Waals surface area contributed by atoms with Crippen LogP contribution in [0.4, 0.5) is 0 Å². The topological polar surface area (TPSA) is 52.6 Å². The van der Waals surface area contributed by atoms with Gasteiger partial charge >= 0.3 is 0 Å². The van der Waals surface area contributed by atoms with Crippen LogP contribution in [0, 0.1) is 0 Å². The van der Waals surface area contributed by atoms with Crippen LogP contribution in [0.1, 0.15) is 19.8 Å². The summed E-state index contributed by atoms with van der Waals surface area (Å²) < 4.78 is 0. The molecule has 0 bridgehead atoms. The summed E-state index contributed by atoms with van der Waals surface area (Å²) in [7, 11) is 1.77. The van der Waals surface area contributed by atoms with Gasteiger partial charge in [0.05, 0.1) is 0 Å². The number of aliphatic hydroxyl groups excluding tert-OH is 1. The summed E-state index contributed by atoms with van der Waals surface area (Å²) in [6.45, 7) is 3.43. The summed E-state index contributed by atoms with van der Waals surface area (Å²) in [5, 5.41) is 12.4. The molecule has 2 N–H and O–H groups in total. The Morgan fingerprint density at radius 1 is 1.54 bits per heavy atom. The molecule has 1 heterocycles. The first-order valence-electron chi connectivity index (χ1n) is 4.78. The van der Waals surface area contributed by atoms with Crippen molar-refractivity contribution in [3.05, 3.63) is 0 Å². The molecule has 4 heteroatoms. The smallest absolute Gasteiger partial charge is 0.251 e.